The lowest BCUT2D eigenvalue weighted by Crippen LogP contribution is -2.38. The van der Waals surface area contributed by atoms with E-state index in [9.17, 15) is 9.59 Å². The molecule has 0 bridgehead atoms. The minimum atomic E-state index is -0.947. The fraction of sp³-hybridized carbons (Fsp3) is 0.500. The first-order valence-electron chi connectivity index (χ1n) is 7.16. The van der Waals surface area contributed by atoms with E-state index in [0.29, 0.717) is 12.5 Å². The van der Waals surface area contributed by atoms with Crippen LogP contribution in [-0.4, -0.2) is 23.0 Å². The van der Waals surface area contributed by atoms with Gasteiger partial charge in [-0.2, -0.15) is 0 Å². The number of carboxylic acids is 1. The van der Waals surface area contributed by atoms with Gasteiger partial charge >= 0.3 is 5.97 Å². The highest BCUT2D eigenvalue weighted by atomic mass is 16.4. The van der Waals surface area contributed by atoms with E-state index in [2.05, 4.69) is 12.2 Å². The van der Waals surface area contributed by atoms with Crippen LogP contribution in [0, 0.1) is 5.92 Å². The summed E-state index contributed by atoms with van der Waals surface area (Å²) in [6.45, 7) is 2.25. The van der Waals surface area contributed by atoms with Crippen molar-refractivity contribution in [3.63, 3.8) is 0 Å². The van der Waals surface area contributed by atoms with Crippen molar-refractivity contribution in [2.75, 3.05) is 0 Å². The van der Waals surface area contributed by atoms with Crippen molar-refractivity contribution in [3.8, 4) is 0 Å². The van der Waals surface area contributed by atoms with Crippen LogP contribution in [0.4, 0.5) is 0 Å². The topological polar surface area (TPSA) is 66.4 Å². The van der Waals surface area contributed by atoms with Crippen LogP contribution in [0.1, 0.15) is 48.5 Å². The fourth-order valence-corrected chi connectivity index (χ4v) is 2.63. The van der Waals surface area contributed by atoms with Crippen LogP contribution in [-0.2, 0) is 11.2 Å². The van der Waals surface area contributed by atoms with Crippen LogP contribution >= 0.6 is 0 Å². The first-order chi connectivity index (χ1) is 9.54. The highest BCUT2D eigenvalue weighted by Gasteiger charge is 2.19. The summed E-state index contributed by atoms with van der Waals surface area (Å²) in [5, 5.41) is 11.9. The van der Waals surface area contributed by atoms with Crippen LogP contribution in [0.25, 0.3) is 0 Å². The van der Waals surface area contributed by atoms with E-state index >= 15 is 0 Å². The van der Waals surface area contributed by atoms with Gasteiger partial charge in [0.2, 0.25) is 5.91 Å². The highest BCUT2D eigenvalue weighted by molar-refractivity contribution is 5.87. The Hall–Kier alpha value is -1.84. The smallest absolute Gasteiger partial charge is 0.335 e. The molecule has 108 valence electrons. The number of aromatic carboxylic acids is 1. The zero-order chi connectivity index (χ0) is 14.5. The van der Waals surface area contributed by atoms with E-state index in [1.54, 1.807) is 12.1 Å². The molecule has 4 nitrogen and oxygen atoms in total. The molecular weight excluding hydrogens is 254 g/mol. The Balaban J connectivity index is 1.83. The molecule has 1 aromatic carbocycles. The van der Waals surface area contributed by atoms with Crippen LogP contribution < -0.4 is 5.32 Å². The molecule has 0 spiro atoms. The number of carbonyl (C=O) groups is 2. The quantitative estimate of drug-likeness (QED) is 0.887. The summed E-state index contributed by atoms with van der Waals surface area (Å²) in [5.74, 6) is -0.156. The van der Waals surface area contributed by atoms with E-state index in [0.717, 1.165) is 24.3 Å². The first kappa shape index (κ1) is 14.6. The summed E-state index contributed by atoms with van der Waals surface area (Å²) in [5.41, 5.74) is 1.09. The van der Waals surface area contributed by atoms with Gasteiger partial charge in [0.05, 0.1) is 12.0 Å². The molecule has 1 fully saturated rings. The molecule has 1 amide bonds. The van der Waals surface area contributed by atoms with Gasteiger partial charge in [0.1, 0.15) is 0 Å². The largest absolute Gasteiger partial charge is 0.478 e. The van der Waals surface area contributed by atoms with Crippen molar-refractivity contribution >= 4 is 11.9 Å². The molecule has 1 aliphatic rings. The van der Waals surface area contributed by atoms with E-state index in [1.807, 2.05) is 0 Å². The third-order valence-corrected chi connectivity index (χ3v) is 3.95. The van der Waals surface area contributed by atoms with Crippen molar-refractivity contribution in [1.82, 2.24) is 5.32 Å². The van der Waals surface area contributed by atoms with E-state index in [-0.39, 0.29) is 11.5 Å². The Morgan fingerprint density at radius 1 is 1.15 bits per heavy atom. The van der Waals surface area contributed by atoms with E-state index < -0.39 is 5.97 Å². The van der Waals surface area contributed by atoms with Gasteiger partial charge in [0.25, 0.3) is 0 Å². The number of hydrogen-bond acceptors (Lipinski definition) is 2. The minimum Gasteiger partial charge on any atom is -0.478 e. The lowest BCUT2D eigenvalue weighted by molar-refractivity contribution is -0.121. The van der Waals surface area contributed by atoms with Gasteiger partial charge in [-0.1, -0.05) is 19.1 Å². The van der Waals surface area contributed by atoms with Crippen molar-refractivity contribution in [2.45, 2.75) is 45.1 Å². The Morgan fingerprint density at radius 3 is 2.30 bits per heavy atom. The Kier molecular flexibility index (Phi) is 4.77. The first-order valence-corrected chi connectivity index (χ1v) is 7.16. The van der Waals surface area contributed by atoms with Gasteiger partial charge in [-0.25, -0.2) is 4.79 Å². The lowest BCUT2D eigenvalue weighted by Gasteiger charge is -2.26. The number of nitrogens with one attached hydrogen (secondary N) is 1. The van der Waals surface area contributed by atoms with Gasteiger partial charge in [-0.15, -0.1) is 0 Å². The average Bonchev–Trinajstić information content (AvgIpc) is 2.42. The number of carboxylic acid groups (broad SMARTS) is 1. The van der Waals surface area contributed by atoms with E-state index in [1.165, 1.54) is 25.0 Å². The average molecular weight is 275 g/mol. The monoisotopic (exact) mass is 275 g/mol. The van der Waals surface area contributed by atoms with Gasteiger partial charge in [-0.05, 0) is 49.3 Å². The van der Waals surface area contributed by atoms with E-state index in [4.69, 9.17) is 5.11 Å². The summed E-state index contributed by atoms with van der Waals surface area (Å²) in [6.07, 6.45) is 4.79. The molecule has 0 unspecified atom stereocenters. The maximum atomic E-state index is 12.0. The van der Waals surface area contributed by atoms with Gasteiger partial charge < -0.3 is 10.4 Å². The molecule has 2 N–H and O–H groups in total. The Bertz CT molecular complexity index is 473. The fourth-order valence-electron chi connectivity index (χ4n) is 2.63. The molecule has 2 rings (SSSR count). The number of carbonyl (C=O) groups excluding carboxylic acids is 1. The molecule has 0 heterocycles. The molecule has 1 saturated carbocycles. The Morgan fingerprint density at radius 2 is 1.75 bits per heavy atom. The maximum Gasteiger partial charge on any atom is 0.335 e. The SMILES string of the molecule is CC1CCC(NC(=O)Cc2ccc(C(=O)O)cc2)CC1. The van der Waals surface area contributed by atoms with Crippen molar-refractivity contribution < 1.29 is 14.7 Å². The molecule has 0 aliphatic heterocycles. The zero-order valence-corrected chi connectivity index (χ0v) is 11.8. The summed E-state index contributed by atoms with van der Waals surface area (Å²) in [6, 6.07) is 6.77. The molecule has 0 radical (unpaired) electrons. The number of amides is 1. The molecule has 4 heteroatoms. The third-order valence-electron chi connectivity index (χ3n) is 3.95. The Labute approximate surface area is 119 Å². The second-order valence-electron chi connectivity index (χ2n) is 5.70. The maximum absolute atomic E-state index is 12.0. The summed E-state index contributed by atoms with van der Waals surface area (Å²) >= 11 is 0. The molecule has 0 atom stereocenters. The van der Waals surface area contributed by atoms with Gasteiger partial charge in [0, 0.05) is 6.04 Å². The second kappa shape index (κ2) is 6.55. The van der Waals surface area contributed by atoms with Crippen molar-refractivity contribution in [2.24, 2.45) is 5.92 Å². The summed E-state index contributed by atoms with van der Waals surface area (Å²) < 4.78 is 0. The van der Waals surface area contributed by atoms with Gasteiger partial charge in [-0.3, -0.25) is 4.79 Å². The zero-order valence-electron chi connectivity index (χ0n) is 11.8. The highest BCUT2D eigenvalue weighted by Crippen LogP contribution is 2.23. The van der Waals surface area contributed by atoms with Crippen molar-refractivity contribution in [1.29, 1.82) is 0 Å². The predicted molar refractivity (Wildman–Crippen MR) is 76.7 cm³/mol. The molecule has 1 aliphatic carbocycles. The van der Waals surface area contributed by atoms with Gasteiger partial charge in [0.15, 0.2) is 0 Å². The molecular formula is C16H21NO3. The molecule has 0 saturated heterocycles. The standard InChI is InChI=1S/C16H21NO3/c1-11-2-8-14(9-3-11)17-15(18)10-12-4-6-13(7-5-12)16(19)20/h4-7,11,14H,2-3,8-10H2,1H3,(H,17,18)(H,19,20). The summed E-state index contributed by atoms with van der Waals surface area (Å²) in [7, 11) is 0. The predicted octanol–water partition coefficient (Wildman–Crippen LogP) is 2.62. The van der Waals surface area contributed by atoms with Crippen LogP contribution in [0.2, 0.25) is 0 Å². The van der Waals surface area contributed by atoms with Crippen LogP contribution in [0.5, 0.6) is 0 Å². The second-order valence-corrected chi connectivity index (χ2v) is 5.70. The summed E-state index contributed by atoms with van der Waals surface area (Å²) in [4.78, 5) is 22.7. The van der Waals surface area contributed by atoms with Crippen LogP contribution in [0.15, 0.2) is 24.3 Å². The number of benzene rings is 1. The third kappa shape index (κ3) is 4.08. The minimum absolute atomic E-state index is 0.0210. The number of hydrogen-bond donors (Lipinski definition) is 2. The normalized spacial score (nSPS) is 22.2. The molecule has 0 aromatic heterocycles. The molecule has 20 heavy (non-hydrogen) atoms. The van der Waals surface area contributed by atoms with Crippen LogP contribution in [0.3, 0.4) is 0 Å². The van der Waals surface area contributed by atoms with Crippen molar-refractivity contribution in [3.05, 3.63) is 35.4 Å². The number of rotatable bonds is 4. The lowest BCUT2D eigenvalue weighted by atomic mass is 9.87. The molecule has 1 aromatic rings.